The van der Waals surface area contributed by atoms with Crippen molar-refractivity contribution in [2.24, 2.45) is 53.3 Å². The van der Waals surface area contributed by atoms with E-state index in [1.807, 2.05) is 60.7 Å². The number of nitrogens with zero attached hydrogens (tertiary/aromatic N) is 1. The molecule has 2 aromatic rings. The zero-order valence-corrected chi connectivity index (χ0v) is 41.4. The van der Waals surface area contributed by atoms with Crippen molar-refractivity contribution in [2.75, 3.05) is 13.2 Å². The monoisotopic (exact) mass is 894 g/mol. The second-order valence-electron chi connectivity index (χ2n) is 19.7. The number of amides is 1. The van der Waals surface area contributed by atoms with Gasteiger partial charge in [0.15, 0.2) is 25.0 Å². The van der Waals surface area contributed by atoms with Gasteiger partial charge in [-0.25, -0.2) is 4.79 Å². The van der Waals surface area contributed by atoms with Crippen LogP contribution < -0.4 is 0 Å². The van der Waals surface area contributed by atoms with Gasteiger partial charge in [0.2, 0.25) is 0 Å². The number of esters is 1. The normalized spacial score (nSPS) is 34.6. The van der Waals surface area contributed by atoms with E-state index >= 15 is 0 Å². The van der Waals surface area contributed by atoms with E-state index < -0.39 is 37.2 Å². The molecule has 0 aromatic heterocycles. The van der Waals surface area contributed by atoms with E-state index in [0.29, 0.717) is 32.0 Å². The average Bonchev–Trinajstić information content (AvgIpc) is 3.30. The number of carbonyl (C=O) groups excluding carboxylic acids is 2. The second-order valence-corrected chi connectivity index (χ2v) is 19.7. The van der Waals surface area contributed by atoms with Crippen LogP contribution in [0.5, 0.6) is 0 Å². The van der Waals surface area contributed by atoms with Crippen LogP contribution in [-0.2, 0) is 55.8 Å². The first-order valence-corrected chi connectivity index (χ1v) is 24.6. The fourth-order valence-electron chi connectivity index (χ4n) is 9.96. The Labute approximate surface area is 385 Å². The maximum atomic E-state index is 13.6. The Kier molecular flexibility index (Phi) is 20.0. The van der Waals surface area contributed by atoms with E-state index in [2.05, 4.69) is 83.1 Å². The Morgan fingerprint density at radius 3 is 1.48 bits per heavy atom. The number of benzene rings is 2. The maximum Gasteiger partial charge on any atom is 0.410 e. The molecule has 0 spiro atoms. The largest absolute Gasteiger partial charge is 0.457 e. The Hall–Kier alpha value is -3.06. The highest BCUT2D eigenvalue weighted by Crippen LogP contribution is 2.44. The number of hydrogen-bond donors (Lipinski definition) is 0. The van der Waals surface area contributed by atoms with Crippen molar-refractivity contribution in [3.8, 4) is 0 Å². The van der Waals surface area contributed by atoms with Crippen LogP contribution >= 0.6 is 0 Å². The maximum absolute atomic E-state index is 13.6. The minimum atomic E-state index is -0.803. The van der Waals surface area contributed by atoms with Crippen molar-refractivity contribution in [1.29, 1.82) is 0 Å². The predicted octanol–water partition coefficient (Wildman–Crippen LogP) is 11.1. The molecule has 3 saturated heterocycles. The zero-order chi connectivity index (χ0) is 46.7. The quantitative estimate of drug-likeness (QED) is 0.0941. The molecule has 0 bridgehead atoms. The molecule has 11 heteroatoms. The third-order valence-corrected chi connectivity index (χ3v) is 15.3. The minimum absolute atomic E-state index is 0.00309. The Balaban J connectivity index is 1.39. The van der Waals surface area contributed by atoms with Gasteiger partial charge in [0.25, 0.3) is 0 Å². The van der Waals surface area contributed by atoms with E-state index in [1.165, 1.54) is 6.92 Å². The molecule has 11 nitrogen and oxygen atoms in total. The second kappa shape index (κ2) is 24.6. The zero-order valence-electron chi connectivity index (χ0n) is 41.4. The van der Waals surface area contributed by atoms with Gasteiger partial charge in [-0.15, -0.1) is 0 Å². The van der Waals surface area contributed by atoms with Gasteiger partial charge in [0, 0.05) is 25.9 Å². The summed E-state index contributed by atoms with van der Waals surface area (Å²) in [7, 11) is 0. The van der Waals surface area contributed by atoms with Gasteiger partial charge < -0.3 is 42.8 Å². The van der Waals surface area contributed by atoms with Gasteiger partial charge in [-0.1, -0.05) is 163 Å². The van der Waals surface area contributed by atoms with Crippen LogP contribution in [0.15, 0.2) is 60.7 Å². The van der Waals surface area contributed by atoms with E-state index in [0.717, 1.165) is 30.4 Å². The minimum Gasteiger partial charge on any atom is -0.457 e. The van der Waals surface area contributed by atoms with Crippen LogP contribution in [0.2, 0.25) is 0 Å². The molecule has 3 aliphatic heterocycles. The van der Waals surface area contributed by atoms with Gasteiger partial charge >= 0.3 is 12.1 Å². The lowest BCUT2D eigenvalue weighted by Crippen LogP contribution is -2.61. The molecule has 1 amide bonds. The number of hydrogen-bond acceptors (Lipinski definition) is 10. The topological polar surface area (TPSA) is 111 Å². The van der Waals surface area contributed by atoms with E-state index in [-0.39, 0.29) is 84.3 Å². The molecule has 0 aliphatic carbocycles. The molecule has 3 aliphatic rings. The van der Waals surface area contributed by atoms with Crippen LogP contribution in [-0.4, -0.2) is 85.6 Å². The first-order valence-electron chi connectivity index (χ1n) is 24.6. The summed E-state index contributed by atoms with van der Waals surface area (Å²) in [6, 6.07) is 19.7. The highest BCUT2D eigenvalue weighted by atomic mass is 16.8. The smallest absolute Gasteiger partial charge is 0.410 e. The summed E-state index contributed by atoms with van der Waals surface area (Å²) >= 11 is 0. The molecule has 3 fully saturated rings. The Bertz CT molecular complexity index is 1680. The van der Waals surface area contributed by atoms with Gasteiger partial charge in [-0.3, -0.25) is 4.79 Å². The highest BCUT2D eigenvalue weighted by molar-refractivity contribution is 5.67. The molecule has 0 saturated carbocycles. The molecule has 360 valence electrons. The first kappa shape index (κ1) is 51.9. The predicted molar refractivity (Wildman–Crippen MR) is 249 cm³/mol. The lowest BCUT2D eigenvalue weighted by molar-refractivity contribution is -0.379. The molecule has 5 rings (SSSR count). The summed E-state index contributed by atoms with van der Waals surface area (Å²) in [6.07, 6.45) is -1.05. The third-order valence-electron chi connectivity index (χ3n) is 15.3. The number of ether oxygens (including phenoxy) is 8. The highest BCUT2D eigenvalue weighted by Gasteiger charge is 2.53. The number of carbonyl (C=O) groups is 2. The van der Waals surface area contributed by atoms with Crippen molar-refractivity contribution in [1.82, 2.24) is 4.90 Å². The summed E-state index contributed by atoms with van der Waals surface area (Å²) in [5.74, 6) is 1.02. The standard InChI is InChI=1S/C53H83NO10/c1-14-32(4)44-35(7)38(10)47(50(60-44)57-29-23-28-54(30-42-24-19-17-20-25-42)53(56)58-31-43-26-21-18-22-27-43)63-52-49(40(12)37(9)46(62-52)34(6)16-3)64-51-48(59-41(13)55)39(11)36(8)45(61-51)33(5)15-2/h17-22,24-27,32-40,44-52H,14-16,23,28-31H2,1-13H3/t32-,33-,34-,35+,36+,37+,38+,39+,40+,44?,45?,46?,47?,48?,49?,50+,51-,52-/m1/s1. The van der Waals surface area contributed by atoms with Gasteiger partial charge in [-0.2, -0.15) is 0 Å². The van der Waals surface area contributed by atoms with Crippen LogP contribution in [0.25, 0.3) is 0 Å². The van der Waals surface area contributed by atoms with Crippen molar-refractivity contribution >= 4 is 12.1 Å². The SMILES string of the molecule is CC[C@@H](C)C1O[C@H](OCCCN(Cc2ccccc2)C(=O)OCc2ccccc2)C(O[C@H]2OC([C@H](C)CC)[C@@H](C)[C@H](C)C2O[C@H]2OC([C@H](C)CC)[C@@H](C)[C@H](C)C2OC(C)=O)[C@@H](C)[C@@H]1C. The molecule has 2 aromatic carbocycles. The summed E-state index contributed by atoms with van der Waals surface area (Å²) in [4.78, 5) is 27.9. The summed E-state index contributed by atoms with van der Waals surface area (Å²) in [6.45, 7) is 29.3. The molecule has 0 radical (unpaired) electrons. The van der Waals surface area contributed by atoms with Crippen molar-refractivity contribution < 1.29 is 47.5 Å². The number of rotatable bonds is 20. The summed E-state index contributed by atoms with van der Waals surface area (Å²) in [5.41, 5.74) is 1.95. The first-order chi connectivity index (χ1) is 30.6. The van der Waals surface area contributed by atoms with Crippen molar-refractivity contribution in [2.45, 2.75) is 184 Å². The van der Waals surface area contributed by atoms with Crippen LogP contribution in [0.1, 0.15) is 127 Å². The summed E-state index contributed by atoms with van der Waals surface area (Å²) < 4.78 is 53.9. The van der Waals surface area contributed by atoms with Crippen molar-refractivity contribution in [3.63, 3.8) is 0 Å². The van der Waals surface area contributed by atoms with E-state index in [1.54, 1.807) is 4.90 Å². The molecule has 6 unspecified atom stereocenters. The van der Waals surface area contributed by atoms with E-state index in [4.69, 9.17) is 37.9 Å². The Morgan fingerprint density at radius 2 is 1.02 bits per heavy atom. The third kappa shape index (κ3) is 13.1. The van der Waals surface area contributed by atoms with Gasteiger partial charge in [0.05, 0.1) is 24.9 Å². The van der Waals surface area contributed by atoms with Crippen LogP contribution in [0.4, 0.5) is 4.79 Å². The van der Waals surface area contributed by atoms with Crippen LogP contribution in [0, 0.1) is 53.3 Å². The van der Waals surface area contributed by atoms with Crippen LogP contribution in [0.3, 0.4) is 0 Å². The molecule has 18 atom stereocenters. The lowest BCUT2D eigenvalue weighted by Gasteiger charge is -2.52. The van der Waals surface area contributed by atoms with E-state index in [9.17, 15) is 9.59 Å². The molecular weight excluding hydrogens is 811 g/mol. The molecule has 0 N–H and O–H groups in total. The molecular formula is C53H83NO10. The molecule has 3 heterocycles. The average molecular weight is 894 g/mol. The van der Waals surface area contributed by atoms with Gasteiger partial charge in [-0.05, 0) is 64.9 Å². The van der Waals surface area contributed by atoms with Gasteiger partial charge in [0.1, 0.15) is 18.8 Å². The Morgan fingerprint density at radius 1 is 0.594 bits per heavy atom. The fraction of sp³-hybridized carbons (Fsp3) is 0.736. The lowest BCUT2D eigenvalue weighted by atomic mass is 9.77. The van der Waals surface area contributed by atoms with Crippen molar-refractivity contribution in [3.05, 3.63) is 71.8 Å². The molecule has 64 heavy (non-hydrogen) atoms. The summed E-state index contributed by atoms with van der Waals surface area (Å²) in [5, 5.41) is 0. The fourth-order valence-corrected chi connectivity index (χ4v) is 9.96.